The molecule has 0 aliphatic heterocycles. The van der Waals surface area contributed by atoms with Gasteiger partial charge < -0.3 is 14.5 Å². The van der Waals surface area contributed by atoms with Gasteiger partial charge in [-0.05, 0) is 26.0 Å². The summed E-state index contributed by atoms with van der Waals surface area (Å²) in [6, 6.07) is 9.62. The van der Waals surface area contributed by atoms with E-state index in [1.165, 1.54) is 10.9 Å². The summed E-state index contributed by atoms with van der Waals surface area (Å²) in [5.74, 6) is 0.296. The average molecular weight is 382 g/mol. The predicted molar refractivity (Wildman–Crippen MR) is 102 cm³/mol. The van der Waals surface area contributed by atoms with Crippen LogP contribution in [0.3, 0.4) is 0 Å². The number of esters is 1. The first-order valence-electron chi connectivity index (χ1n) is 9.00. The molecule has 0 bridgehead atoms. The molecule has 28 heavy (non-hydrogen) atoms. The number of aryl methyl sites for hydroxylation is 2. The zero-order valence-corrected chi connectivity index (χ0v) is 16.1. The van der Waals surface area contributed by atoms with Crippen LogP contribution in [0.25, 0.3) is 11.5 Å². The Morgan fingerprint density at radius 1 is 1.25 bits per heavy atom. The Balaban J connectivity index is 1.65. The molecule has 0 aliphatic carbocycles. The smallest absolute Gasteiger partial charge is 0.342 e. The Bertz CT molecular complexity index is 976. The van der Waals surface area contributed by atoms with Gasteiger partial charge in [-0.15, -0.1) is 0 Å². The summed E-state index contributed by atoms with van der Waals surface area (Å²) in [7, 11) is 1.60. The maximum absolute atomic E-state index is 12.5. The molecule has 8 heteroatoms. The van der Waals surface area contributed by atoms with E-state index >= 15 is 0 Å². The van der Waals surface area contributed by atoms with E-state index in [2.05, 4.69) is 15.4 Å². The second-order valence-corrected chi connectivity index (χ2v) is 6.14. The van der Waals surface area contributed by atoms with Crippen LogP contribution >= 0.6 is 0 Å². The van der Waals surface area contributed by atoms with Gasteiger partial charge in [0.15, 0.2) is 0 Å². The van der Waals surface area contributed by atoms with Gasteiger partial charge in [0, 0.05) is 25.6 Å². The van der Waals surface area contributed by atoms with Crippen molar-refractivity contribution in [3.63, 3.8) is 0 Å². The zero-order valence-electron chi connectivity index (χ0n) is 16.1. The lowest BCUT2D eigenvalue weighted by Crippen LogP contribution is -2.29. The van der Waals surface area contributed by atoms with Gasteiger partial charge in [0.05, 0.1) is 18.5 Å². The van der Waals surface area contributed by atoms with Crippen molar-refractivity contribution in [3.8, 4) is 11.5 Å². The molecule has 0 spiro atoms. The number of nitrogens with zero attached hydrogens (tertiary/aromatic N) is 3. The number of oxazole rings is 1. The molecule has 1 aromatic carbocycles. The molecule has 0 fully saturated rings. The van der Waals surface area contributed by atoms with Crippen LogP contribution in [0.4, 0.5) is 0 Å². The van der Waals surface area contributed by atoms with E-state index in [1.54, 1.807) is 14.0 Å². The molecule has 0 unspecified atom stereocenters. The van der Waals surface area contributed by atoms with Crippen LogP contribution in [0.2, 0.25) is 0 Å². The molecule has 0 saturated heterocycles. The van der Waals surface area contributed by atoms with Crippen LogP contribution in [0.1, 0.15) is 39.2 Å². The van der Waals surface area contributed by atoms with Crippen molar-refractivity contribution < 1.29 is 18.7 Å². The zero-order chi connectivity index (χ0) is 20.1. The molecule has 3 rings (SSSR count). The minimum absolute atomic E-state index is 0.144. The van der Waals surface area contributed by atoms with Gasteiger partial charge in [-0.1, -0.05) is 18.2 Å². The van der Waals surface area contributed by atoms with Gasteiger partial charge in [-0.3, -0.25) is 9.48 Å². The topological polar surface area (TPSA) is 99.2 Å². The van der Waals surface area contributed by atoms with Crippen molar-refractivity contribution in [1.82, 2.24) is 20.1 Å². The summed E-state index contributed by atoms with van der Waals surface area (Å²) in [6.45, 7) is 4.12. The fourth-order valence-corrected chi connectivity index (χ4v) is 2.81. The number of carbonyl (C=O) groups is 2. The standard InChI is InChI=1S/C20H22N4O4/c1-4-27-20(26)15-12-22-24(3)17(15)18(25)21-11-10-16-13(2)28-19(23-16)14-8-6-5-7-9-14/h5-9,12H,4,10-11H2,1-3H3,(H,21,25). The van der Waals surface area contributed by atoms with Gasteiger partial charge in [-0.2, -0.15) is 5.10 Å². The van der Waals surface area contributed by atoms with Crippen LogP contribution in [0, 0.1) is 6.92 Å². The Labute approximate surface area is 162 Å². The van der Waals surface area contributed by atoms with Gasteiger partial charge >= 0.3 is 5.97 Å². The van der Waals surface area contributed by atoms with Crippen molar-refractivity contribution in [2.75, 3.05) is 13.2 Å². The Morgan fingerprint density at radius 3 is 2.71 bits per heavy atom. The second kappa shape index (κ2) is 8.51. The maximum Gasteiger partial charge on any atom is 0.342 e. The highest BCUT2D eigenvalue weighted by molar-refractivity contribution is 6.04. The normalized spacial score (nSPS) is 10.7. The summed E-state index contributed by atoms with van der Waals surface area (Å²) in [4.78, 5) is 29.0. The van der Waals surface area contributed by atoms with E-state index in [9.17, 15) is 9.59 Å². The summed E-state index contributed by atoms with van der Waals surface area (Å²) >= 11 is 0. The lowest BCUT2D eigenvalue weighted by molar-refractivity contribution is 0.0522. The van der Waals surface area contributed by atoms with Crippen LogP contribution in [-0.2, 0) is 18.2 Å². The minimum atomic E-state index is -0.569. The molecule has 2 heterocycles. The number of nitrogens with one attached hydrogen (secondary N) is 1. The highest BCUT2D eigenvalue weighted by Crippen LogP contribution is 2.21. The first kappa shape index (κ1) is 19.3. The monoisotopic (exact) mass is 382 g/mol. The highest BCUT2D eigenvalue weighted by atomic mass is 16.5. The third-order valence-corrected chi connectivity index (χ3v) is 4.21. The summed E-state index contributed by atoms with van der Waals surface area (Å²) in [5, 5.41) is 6.78. The van der Waals surface area contributed by atoms with E-state index < -0.39 is 11.9 Å². The summed E-state index contributed by atoms with van der Waals surface area (Å²) < 4.78 is 12.1. The number of ether oxygens (including phenoxy) is 1. The molecular weight excluding hydrogens is 360 g/mol. The van der Waals surface area contributed by atoms with Gasteiger partial charge in [-0.25, -0.2) is 9.78 Å². The number of hydrogen-bond acceptors (Lipinski definition) is 6. The van der Waals surface area contributed by atoms with Crippen molar-refractivity contribution in [2.45, 2.75) is 20.3 Å². The molecule has 1 N–H and O–H groups in total. The molecule has 1 amide bonds. The number of benzene rings is 1. The second-order valence-electron chi connectivity index (χ2n) is 6.14. The number of hydrogen-bond donors (Lipinski definition) is 1. The van der Waals surface area contributed by atoms with E-state index in [1.807, 2.05) is 37.3 Å². The van der Waals surface area contributed by atoms with Crippen molar-refractivity contribution >= 4 is 11.9 Å². The molecular formula is C20H22N4O4. The summed E-state index contributed by atoms with van der Waals surface area (Å²) in [6.07, 6.45) is 1.83. The Hall–Kier alpha value is -3.42. The average Bonchev–Trinajstić information content (AvgIpc) is 3.25. The predicted octanol–water partition coefficient (Wildman–Crippen LogP) is 2.53. The molecule has 0 atom stereocenters. The van der Waals surface area contributed by atoms with Crippen LogP contribution in [-0.4, -0.2) is 39.8 Å². The number of aromatic nitrogens is 3. The van der Waals surface area contributed by atoms with Crippen molar-refractivity contribution in [3.05, 3.63) is 59.2 Å². The molecule has 2 aromatic heterocycles. The van der Waals surface area contributed by atoms with Crippen molar-refractivity contribution in [1.29, 1.82) is 0 Å². The highest BCUT2D eigenvalue weighted by Gasteiger charge is 2.23. The fraction of sp³-hybridized carbons (Fsp3) is 0.300. The van der Waals surface area contributed by atoms with Crippen LogP contribution in [0.5, 0.6) is 0 Å². The third kappa shape index (κ3) is 4.11. The van der Waals surface area contributed by atoms with E-state index in [0.717, 1.165) is 11.3 Å². The molecule has 0 aliphatic rings. The SMILES string of the molecule is CCOC(=O)c1cnn(C)c1C(=O)NCCc1nc(-c2ccccc2)oc1C. The third-order valence-electron chi connectivity index (χ3n) is 4.21. The maximum atomic E-state index is 12.5. The number of amides is 1. The van der Waals surface area contributed by atoms with E-state index in [0.29, 0.717) is 24.6 Å². The van der Waals surface area contributed by atoms with Crippen LogP contribution < -0.4 is 5.32 Å². The number of carbonyl (C=O) groups excluding carboxylic acids is 2. The largest absolute Gasteiger partial charge is 0.462 e. The van der Waals surface area contributed by atoms with Crippen LogP contribution in [0.15, 0.2) is 40.9 Å². The first-order chi connectivity index (χ1) is 13.5. The number of rotatable bonds is 7. The fourth-order valence-electron chi connectivity index (χ4n) is 2.81. The molecule has 0 radical (unpaired) electrons. The minimum Gasteiger partial charge on any atom is -0.462 e. The molecule has 0 saturated carbocycles. The molecule has 3 aromatic rings. The Kier molecular flexibility index (Phi) is 5.88. The van der Waals surface area contributed by atoms with Gasteiger partial charge in [0.25, 0.3) is 5.91 Å². The van der Waals surface area contributed by atoms with E-state index in [4.69, 9.17) is 9.15 Å². The van der Waals surface area contributed by atoms with Gasteiger partial charge in [0.1, 0.15) is 17.0 Å². The van der Waals surface area contributed by atoms with Gasteiger partial charge in [0.2, 0.25) is 5.89 Å². The van der Waals surface area contributed by atoms with Crippen molar-refractivity contribution in [2.24, 2.45) is 7.05 Å². The quantitative estimate of drug-likeness (QED) is 0.631. The first-order valence-corrected chi connectivity index (χ1v) is 9.00. The molecule has 8 nitrogen and oxygen atoms in total. The van der Waals surface area contributed by atoms with E-state index in [-0.39, 0.29) is 17.9 Å². The molecule has 146 valence electrons. The lowest BCUT2D eigenvalue weighted by Gasteiger charge is -2.07. The lowest BCUT2D eigenvalue weighted by atomic mass is 10.2. The Morgan fingerprint density at radius 2 is 2.00 bits per heavy atom. The summed E-state index contributed by atoms with van der Waals surface area (Å²) in [5.41, 5.74) is 1.98.